The fourth-order valence-corrected chi connectivity index (χ4v) is 2.82. The van der Waals surface area contributed by atoms with E-state index in [1.807, 2.05) is 0 Å². The number of nitrogens with zero attached hydrogens (tertiary/aromatic N) is 2. The van der Waals surface area contributed by atoms with Crippen molar-refractivity contribution in [3.8, 4) is 11.3 Å². The standard InChI is InChI=1S/C15H10N2O5S/c1-16-14(18)13(23-15(16)19)8-11-6-7-12(22-11)9-2-4-10(5-3-9)17(20)21/h2-8H,1H3/b13-8+. The molecule has 7 nitrogen and oxygen atoms in total. The van der Waals surface area contributed by atoms with Gasteiger partial charge in [-0.15, -0.1) is 0 Å². The number of hydrogen-bond donors (Lipinski definition) is 0. The highest BCUT2D eigenvalue weighted by Gasteiger charge is 2.32. The van der Waals surface area contributed by atoms with Crippen molar-refractivity contribution >= 4 is 34.7 Å². The van der Waals surface area contributed by atoms with Gasteiger partial charge in [0.2, 0.25) is 0 Å². The van der Waals surface area contributed by atoms with Gasteiger partial charge in [0.25, 0.3) is 16.8 Å². The maximum Gasteiger partial charge on any atom is 0.293 e. The smallest absolute Gasteiger partial charge is 0.293 e. The van der Waals surface area contributed by atoms with E-state index in [9.17, 15) is 19.7 Å². The molecule has 0 N–H and O–H groups in total. The molecule has 0 bridgehead atoms. The molecule has 0 spiro atoms. The van der Waals surface area contributed by atoms with E-state index in [-0.39, 0.29) is 16.8 Å². The van der Waals surface area contributed by atoms with Crippen molar-refractivity contribution in [1.82, 2.24) is 4.90 Å². The van der Waals surface area contributed by atoms with E-state index in [0.29, 0.717) is 22.0 Å². The van der Waals surface area contributed by atoms with Crippen molar-refractivity contribution in [3.63, 3.8) is 0 Å². The zero-order chi connectivity index (χ0) is 16.6. The predicted octanol–water partition coefficient (Wildman–Crippen LogP) is 3.52. The van der Waals surface area contributed by atoms with Gasteiger partial charge in [0.1, 0.15) is 11.5 Å². The number of imide groups is 1. The highest BCUT2D eigenvalue weighted by atomic mass is 32.2. The van der Waals surface area contributed by atoms with Crippen LogP contribution in [0.2, 0.25) is 0 Å². The predicted molar refractivity (Wildman–Crippen MR) is 84.5 cm³/mol. The summed E-state index contributed by atoms with van der Waals surface area (Å²) in [5.74, 6) is 0.576. The largest absolute Gasteiger partial charge is 0.457 e. The fourth-order valence-electron chi connectivity index (χ4n) is 2.01. The van der Waals surface area contributed by atoms with E-state index < -0.39 is 4.92 Å². The molecule has 1 aromatic carbocycles. The van der Waals surface area contributed by atoms with Gasteiger partial charge in [-0.3, -0.25) is 24.6 Å². The third-order valence-corrected chi connectivity index (χ3v) is 4.21. The van der Waals surface area contributed by atoms with E-state index in [4.69, 9.17) is 4.42 Å². The van der Waals surface area contributed by atoms with Gasteiger partial charge in [-0.2, -0.15) is 0 Å². The van der Waals surface area contributed by atoms with Crippen molar-refractivity contribution in [2.45, 2.75) is 0 Å². The third-order valence-electron chi connectivity index (χ3n) is 3.25. The van der Waals surface area contributed by atoms with Gasteiger partial charge in [0.15, 0.2) is 0 Å². The number of non-ortho nitro benzene ring substituents is 1. The Hall–Kier alpha value is -2.87. The van der Waals surface area contributed by atoms with E-state index in [1.54, 1.807) is 24.3 Å². The Morgan fingerprint density at radius 1 is 1.17 bits per heavy atom. The van der Waals surface area contributed by atoms with Crippen molar-refractivity contribution < 1.29 is 18.9 Å². The van der Waals surface area contributed by atoms with Gasteiger partial charge in [-0.1, -0.05) is 0 Å². The number of nitro benzene ring substituents is 1. The molecule has 1 saturated heterocycles. The molecule has 8 heteroatoms. The van der Waals surface area contributed by atoms with Crippen LogP contribution in [0.4, 0.5) is 10.5 Å². The van der Waals surface area contributed by atoms with E-state index in [2.05, 4.69) is 0 Å². The Morgan fingerprint density at radius 2 is 1.87 bits per heavy atom. The molecule has 23 heavy (non-hydrogen) atoms. The van der Waals surface area contributed by atoms with Gasteiger partial charge < -0.3 is 4.42 Å². The van der Waals surface area contributed by atoms with Crippen LogP contribution >= 0.6 is 11.8 Å². The van der Waals surface area contributed by atoms with Gasteiger partial charge in [0, 0.05) is 30.8 Å². The van der Waals surface area contributed by atoms with Crippen LogP contribution in [0.25, 0.3) is 17.4 Å². The monoisotopic (exact) mass is 330 g/mol. The number of carbonyl (C=O) groups excluding carboxylic acids is 2. The zero-order valence-corrected chi connectivity index (χ0v) is 12.7. The number of likely N-dealkylation sites (N-methyl/N-ethyl adjacent to an activating group) is 1. The Balaban J connectivity index is 1.85. The van der Waals surface area contributed by atoms with E-state index in [1.165, 1.54) is 25.3 Å². The number of rotatable bonds is 3. The summed E-state index contributed by atoms with van der Waals surface area (Å²) in [6, 6.07) is 9.31. The van der Waals surface area contributed by atoms with E-state index >= 15 is 0 Å². The molecule has 1 fully saturated rings. The molecule has 116 valence electrons. The van der Waals surface area contributed by atoms with Crippen LogP contribution in [0.15, 0.2) is 45.7 Å². The summed E-state index contributed by atoms with van der Waals surface area (Å²) < 4.78 is 5.61. The molecule has 2 aromatic rings. The summed E-state index contributed by atoms with van der Waals surface area (Å²) in [5, 5.41) is 10.3. The summed E-state index contributed by atoms with van der Waals surface area (Å²) in [5.41, 5.74) is 0.677. The number of hydrogen-bond acceptors (Lipinski definition) is 6. The SMILES string of the molecule is CN1C(=O)S/C(=C/c2ccc(-c3ccc([N+](=O)[O-])cc3)o2)C1=O. The normalized spacial score (nSPS) is 16.4. The topological polar surface area (TPSA) is 93.7 Å². The first kappa shape index (κ1) is 15.0. The minimum Gasteiger partial charge on any atom is -0.457 e. The van der Waals surface area contributed by atoms with Gasteiger partial charge >= 0.3 is 0 Å². The Morgan fingerprint density at radius 3 is 2.43 bits per heavy atom. The van der Waals surface area contributed by atoms with Gasteiger partial charge in [-0.25, -0.2) is 0 Å². The van der Waals surface area contributed by atoms with Crippen LogP contribution in [0.3, 0.4) is 0 Å². The fraction of sp³-hybridized carbons (Fsp3) is 0.0667. The number of benzene rings is 1. The molecular formula is C15H10N2O5S. The first-order chi connectivity index (χ1) is 11.0. The van der Waals surface area contributed by atoms with Gasteiger partial charge in [-0.05, 0) is 36.0 Å². The maximum atomic E-state index is 11.8. The molecular weight excluding hydrogens is 320 g/mol. The highest BCUT2D eigenvalue weighted by Crippen LogP contribution is 2.32. The minimum absolute atomic E-state index is 0.00264. The number of thioether (sulfide) groups is 1. The van der Waals surface area contributed by atoms with Crippen molar-refractivity contribution in [2.24, 2.45) is 0 Å². The first-order valence-corrected chi connectivity index (χ1v) is 7.33. The molecule has 0 aliphatic carbocycles. The molecule has 2 heterocycles. The number of furan rings is 1. The number of amides is 2. The van der Waals surface area contributed by atoms with Crippen molar-refractivity contribution in [1.29, 1.82) is 0 Å². The molecule has 2 amide bonds. The Kier molecular flexibility index (Phi) is 3.75. The molecule has 0 radical (unpaired) electrons. The lowest BCUT2D eigenvalue weighted by Gasteiger charge is -2.00. The lowest BCUT2D eigenvalue weighted by molar-refractivity contribution is -0.384. The summed E-state index contributed by atoms with van der Waals surface area (Å²) in [6.45, 7) is 0. The molecule has 1 aliphatic rings. The quantitative estimate of drug-likeness (QED) is 0.485. The Labute approximate surface area is 134 Å². The Bertz CT molecular complexity index is 838. The second-order valence-corrected chi connectivity index (χ2v) is 5.74. The first-order valence-electron chi connectivity index (χ1n) is 6.52. The van der Waals surface area contributed by atoms with E-state index in [0.717, 1.165) is 16.7 Å². The van der Waals surface area contributed by atoms with Crippen LogP contribution in [-0.4, -0.2) is 28.0 Å². The summed E-state index contributed by atoms with van der Waals surface area (Å²) >= 11 is 0.850. The average molecular weight is 330 g/mol. The number of carbonyl (C=O) groups is 2. The van der Waals surface area contributed by atoms with Crippen molar-refractivity contribution in [2.75, 3.05) is 7.05 Å². The van der Waals surface area contributed by atoms with Crippen LogP contribution < -0.4 is 0 Å². The van der Waals surface area contributed by atoms with Crippen LogP contribution in [0.5, 0.6) is 0 Å². The molecule has 3 rings (SSSR count). The zero-order valence-electron chi connectivity index (χ0n) is 11.9. The minimum atomic E-state index is -0.474. The van der Waals surface area contributed by atoms with Crippen molar-refractivity contribution in [3.05, 3.63) is 57.2 Å². The van der Waals surface area contributed by atoms with Crippen LogP contribution in [0.1, 0.15) is 5.76 Å². The second-order valence-electron chi connectivity index (χ2n) is 4.75. The highest BCUT2D eigenvalue weighted by molar-refractivity contribution is 8.18. The molecule has 1 aliphatic heterocycles. The summed E-state index contributed by atoms with van der Waals surface area (Å²) in [6.07, 6.45) is 1.50. The summed E-state index contributed by atoms with van der Waals surface area (Å²) in [7, 11) is 1.42. The summed E-state index contributed by atoms with van der Waals surface area (Å²) in [4.78, 5) is 34.7. The van der Waals surface area contributed by atoms with Crippen LogP contribution in [-0.2, 0) is 4.79 Å². The molecule has 0 saturated carbocycles. The molecule has 1 aromatic heterocycles. The maximum absolute atomic E-state index is 11.8. The molecule has 0 unspecified atom stereocenters. The lowest BCUT2D eigenvalue weighted by atomic mass is 10.1. The third kappa shape index (κ3) is 2.88. The average Bonchev–Trinajstić information content (AvgIpc) is 3.09. The van der Waals surface area contributed by atoms with Gasteiger partial charge in [0.05, 0.1) is 9.83 Å². The molecule has 0 atom stereocenters. The second kappa shape index (κ2) is 5.73. The number of nitro groups is 1. The van der Waals surface area contributed by atoms with Crippen LogP contribution in [0, 0.1) is 10.1 Å². The lowest BCUT2D eigenvalue weighted by Crippen LogP contribution is -2.22.